The smallest absolute Gasteiger partial charge is 0.226 e. The average Bonchev–Trinajstić information content (AvgIpc) is 3.67. The Morgan fingerprint density at radius 1 is 1.13 bits per heavy atom. The third-order valence-corrected chi connectivity index (χ3v) is 12.8. The number of pyridine rings is 2. The van der Waals surface area contributed by atoms with Crippen LogP contribution in [0.2, 0.25) is 10.0 Å². The van der Waals surface area contributed by atoms with E-state index in [0.29, 0.717) is 63.9 Å². The molecule has 7 heterocycles. The fourth-order valence-electron chi connectivity index (χ4n) is 9.16. The van der Waals surface area contributed by atoms with Crippen molar-refractivity contribution in [1.29, 1.82) is 5.26 Å². The Kier molecular flexibility index (Phi) is 7.98. The zero-order valence-corrected chi connectivity index (χ0v) is 30.9. The molecule has 2 bridgehead atoms. The van der Waals surface area contributed by atoms with Gasteiger partial charge in [-0.2, -0.15) is 10.1 Å². The fraction of sp³-hybridized carbons (Fsp3) is 0.375. The van der Waals surface area contributed by atoms with Crippen LogP contribution >= 0.6 is 23.2 Å². The molecule has 4 aromatic heterocycles. The van der Waals surface area contributed by atoms with Crippen molar-refractivity contribution in [2.75, 3.05) is 13.1 Å². The fourth-order valence-corrected chi connectivity index (χ4v) is 9.55. The van der Waals surface area contributed by atoms with Gasteiger partial charge in [0.25, 0.3) is 0 Å². The highest BCUT2D eigenvalue weighted by molar-refractivity contribution is 6.43. The lowest BCUT2D eigenvalue weighted by Crippen LogP contribution is -2.41. The molecule has 54 heavy (non-hydrogen) atoms. The van der Waals surface area contributed by atoms with E-state index in [1.54, 1.807) is 35.4 Å². The summed E-state index contributed by atoms with van der Waals surface area (Å²) in [6.07, 6.45) is 7.36. The van der Waals surface area contributed by atoms with E-state index in [0.717, 1.165) is 48.0 Å². The lowest BCUT2D eigenvalue weighted by Gasteiger charge is -2.39. The molecule has 272 valence electrons. The molecule has 5 fully saturated rings. The van der Waals surface area contributed by atoms with Crippen LogP contribution in [0.5, 0.6) is 0 Å². The highest BCUT2D eigenvalue weighted by Gasteiger charge is 2.51. The van der Waals surface area contributed by atoms with Crippen molar-refractivity contribution in [1.82, 2.24) is 45.0 Å². The monoisotopic (exact) mass is 760 g/mol. The third kappa shape index (κ3) is 5.23. The van der Waals surface area contributed by atoms with Gasteiger partial charge in [0.15, 0.2) is 5.82 Å². The van der Waals surface area contributed by atoms with E-state index < -0.39 is 5.82 Å². The number of hydrogen-bond acceptors (Lipinski definition) is 8. The second kappa shape index (κ2) is 12.8. The maximum Gasteiger partial charge on any atom is 0.226 e. The number of aryl methyl sites for hydroxylation is 2. The van der Waals surface area contributed by atoms with Gasteiger partial charge in [0.1, 0.15) is 5.52 Å². The minimum atomic E-state index is -0.494. The summed E-state index contributed by atoms with van der Waals surface area (Å²) >= 11 is 13.1. The number of likely N-dealkylation sites (tertiary alicyclic amines) is 1. The zero-order valence-electron chi connectivity index (χ0n) is 29.4. The van der Waals surface area contributed by atoms with Crippen LogP contribution in [0.3, 0.4) is 0 Å². The molecule has 14 heteroatoms. The summed E-state index contributed by atoms with van der Waals surface area (Å²) in [5, 5.41) is 29.1. The molecular weight excluding hydrogens is 726 g/mol. The first kappa shape index (κ1) is 33.6. The van der Waals surface area contributed by atoms with Crippen LogP contribution in [0, 0.1) is 35.9 Å². The third-order valence-electron chi connectivity index (χ3n) is 11.9. The van der Waals surface area contributed by atoms with E-state index in [9.17, 15) is 10.1 Å². The van der Waals surface area contributed by atoms with Crippen molar-refractivity contribution in [2.45, 2.75) is 69.6 Å². The maximum absolute atomic E-state index is 17.2. The number of nitrogens with one attached hydrogen (secondary N) is 1. The topological polar surface area (TPSA) is 130 Å². The lowest BCUT2D eigenvalue weighted by molar-refractivity contribution is -0.133. The quantitative estimate of drug-likeness (QED) is 0.168. The second-order valence-electron chi connectivity index (χ2n) is 15.1. The maximum atomic E-state index is 17.2. The van der Waals surface area contributed by atoms with Gasteiger partial charge in [-0.05, 0) is 86.1 Å². The van der Waals surface area contributed by atoms with Gasteiger partial charge >= 0.3 is 0 Å². The molecule has 1 N–H and O–H groups in total. The first-order chi connectivity index (χ1) is 26.3. The number of amides is 1. The van der Waals surface area contributed by atoms with Crippen LogP contribution in [-0.4, -0.2) is 64.7 Å². The van der Waals surface area contributed by atoms with Crippen molar-refractivity contribution in [3.8, 4) is 28.6 Å². The number of fused-ring (bicyclic) bond motifs is 4. The number of halogens is 3. The van der Waals surface area contributed by atoms with Gasteiger partial charge in [-0.3, -0.25) is 9.78 Å². The Morgan fingerprint density at radius 2 is 2.00 bits per heavy atom. The normalized spacial score (nSPS) is 23.3. The molecule has 0 radical (unpaired) electrons. The molecule has 2 aliphatic carbocycles. The lowest BCUT2D eigenvalue weighted by atomic mass is 9.79. The van der Waals surface area contributed by atoms with E-state index in [2.05, 4.69) is 37.3 Å². The standard InChI is InChI=1S/C40H35Cl2FN10O/c1-20-27-16-32(31-15-25(19-51(31)40(54)21-9-10-21)53-49-39(48-50-53)23-6-4-12-45-17-23)52(37-24-14-30(37)46-18-24)38(27)28-13-22(5-3-11-44)33(35(43)36(28)47-20)26-7-2-8-29(41)34(26)42/h2,4,6-8,12-13,16-17,21,24-25,30-31,37,46H,3,5,9-10,14-15,18-19H2,1H3/t24-,25+,30-,31-,37+/m1/s1. The van der Waals surface area contributed by atoms with Gasteiger partial charge in [-0.25, -0.2) is 9.37 Å². The van der Waals surface area contributed by atoms with Gasteiger partial charge in [0, 0.05) is 82.7 Å². The Bertz CT molecular complexity index is 2530. The van der Waals surface area contributed by atoms with E-state index in [1.807, 2.05) is 30.0 Å². The summed E-state index contributed by atoms with van der Waals surface area (Å²) in [6.45, 7) is 3.27. The Labute approximate surface area is 320 Å². The van der Waals surface area contributed by atoms with Crippen LogP contribution in [0.15, 0.2) is 54.9 Å². The van der Waals surface area contributed by atoms with E-state index in [-0.39, 0.29) is 53.0 Å². The molecule has 0 spiro atoms. The summed E-state index contributed by atoms with van der Waals surface area (Å²) in [4.78, 5) is 26.9. The molecule has 5 atom stereocenters. The number of hydrogen-bond donors (Lipinski definition) is 1. The molecule has 2 saturated carbocycles. The van der Waals surface area contributed by atoms with Crippen molar-refractivity contribution < 1.29 is 9.18 Å². The van der Waals surface area contributed by atoms with Gasteiger partial charge in [0.2, 0.25) is 11.7 Å². The minimum absolute atomic E-state index is 0.0121. The SMILES string of the molecule is Cc1nc2c(F)c(-c3cccc(Cl)c3Cl)c(CCC#N)cc2c2c1cc([C@H]1C[C@H](n3nnc(-c4cccnc4)n3)CN1C(=O)C1CC1)n2[C@H]1[C@H]2CN[C@@H]1C2. The number of aromatic nitrogens is 7. The van der Waals surface area contributed by atoms with Crippen molar-refractivity contribution in [2.24, 2.45) is 11.8 Å². The molecule has 6 aromatic rings. The highest BCUT2D eigenvalue weighted by Crippen LogP contribution is 2.52. The summed E-state index contributed by atoms with van der Waals surface area (Å²) in [5.41, 5.74) is 5.05. The number of rotatable bonds is 8. The van der Waals surface area contributed by atoms with Crippen LogP contribution < -0.4 is 5.32 Å². The number of tetrazole rings is 1. The van der Waals surface area contributed by atoms with E-state index in [4.69, 9.17) is 33.3 Å². The molecule has 3 aliphatic heterocycles. The number of benzene rings is 2. The molecule has 11 rings (SSSR count). The average molecular weight is 762 g/mol. The van der Waals surface area contributed by atoms with E-state index in [1.165, 1.54) is 0 Å². The summed E-state index contributed by atoms with van der Waals surface area (Å²) in [5.74, 6) is 0.543. The van der Waals surface area contributed by atoms with Gasteiger partial charge in [-0.1, -0.05) is 35.3 Å². The molecule has 2 aromatic carbocycles. The van der Waals surface area contributed by atoms with Crippen LogP contribution in [-0.2, 0) is 11.2 Å². The first-order valence-corrected chi connectivity index (χ1v) is 19.3. The predicted octanol–water partition coefficient (Wildman–Crippen LogP) is 7.57. The van der Waals surface area contributed by atoms with Crippen molar-refractivity contribution >= 4 is 50.9 Å². The van der Waals surface area contributed by atoms with Gasteiger partial charge < -0.3 is 14.8 Å². The Morgan fingerprint density at radius 3 is 2.74 bits per heavy atom. The second-order valence-corrected chi connectivity index (χ2v) is 15.9. The summed E-state index contributed by atoms with van der Waals surface area (Å²) in [6, 6.07) is 15.2. The minimum Gasteiger partial charge on any atom is -0.337 e. The number of carbonyl (C=O) groups excluding carboxylic acids is 1. The van der Waals surface area contributed by atoms with E-state index >= 15 is 4.39 Å². The Balaban J connectivity index is 1.17. The van der Waals surface area contributed by atoms with Gasteiger partial charge in [-0.15, -0.1) is 10.2 Å². The summed E-state index contributed by atoms with van der Waals surface area (Å²) in [7, 11) is 0. The largest absolute Gasteiger partial charge is 0.337 e. The molecular formula is C40H35Cl2FN10O. The van der Waals surface area contributed by atoms with Crippen molar-refractivity contribution in [3.05, 3.63) is 87.7 Å². The molecule has 11 nitrogen and oxygen atoms in total. The van der Waals surface area contributed by atoms with Crippen molar-refractivity contribution in [3.63, 3.8) is 0 Å². The molecule has 3 saturated heterocycles. The number of nitrogens with zero attached hydrogens (tertiary/aromatic N) is 9. The highest BCUT2D eigenvalue weighted by atomic mass is 35.5. The number of carbonyl (C=O) groups is 1. The molecule has 1 amide bonds. The zero-order chi connectivity index (χ0) is 36.8. The van der Waals surface area contributed by atoms with Crippen LogP contribution in [0.25, 0.3) is 44.3 Å². The predicted molar refractivity (Wildman–Crippen MR) is 202 cm³/mol. The Hall–Kier alpha value is -4.96. The molecule has 5 aliphatic rings. The number of nitriles is 1. The van der Waals surface area contributed by atoms with Crippen LogP contribution in [0.1, 0.15) is 67.2 Å². The summed E-state index contributed by atoms with van der Waals surface area (Å²) < 4.78 is 19.6. The first-order valence-electron chi connectivity index (χ1n) is 18.5. The molecule has 0 unspecified atom stereocenters. The van der Waals surface area contributed by atoms with Gasteiger partial charge in [0.05, 0.1) is 39.8 Å². The van der Waals surface area contributed by atoms with Crippen LogP contribution in [0.4, 0.5) is 4.39 Å².